The SMILES string of the molecule is CC(C)NCc1cc(S(=O)(=O)N(C)C2CC2)cn1C(C)C. The Morgan fingerprint density at radius 2 is 1.95 bits per heavy atom. The zero-order chi connectivity index (χ0) is 15.8. The average Bonchev–Trinajstić information content (AvgIpc) is 3.13. The normalized spacial score (nSPS) is 16.4. The van der Waals surface area contributed by atoms with Gasteiger partial charge >= 0.3 is 0 Å². The van der Waals surface area contributed by atoms with E-state index in [2.05, 4.69) is 33.0 Å². The van der Waals surface area contributed by atoms with E-state index in [1.165, 1.54) is 4.31 Å². The van der Waals surface area contributed by atoms with Crippen molar-refractivity contribution in [3.8, 4) is 0 Å². The Kier molecular flexibility index (Phi) is 4.80. The maximum Gasteiger partial charge on any atom is 0.244 e. The van der Waals surface area contributed by atoms with Crippen molar-refractivity contribution in [3.05, 3.63) is 18.0 Å². The maximum absolute atomic E-state index is 12.6. The molecule has 1 saturated carbocycles. The Bertz CT molecular complexity index is 586. The Morgan fingerprint density at radius 3 is 2.43 bits per heavy atom. The van der Waals surface area contributed by atoms with E-state index < -0.39 is 10.0 Å². The van der Waals surface area contributed by atoms with Crippen LogP contribution >= 0.6 is 0 Å². The van der Waals surface area contributed by atoms with Gasteiger partial charge in [-0.15, -0.1) is 0 Å². The molecule has 1 heterocycles. The van der Waals surface area contributed by atoms with Crippen LogP contribution in [0.25, 0.3) is 0 Å². The first-order chi connectivity index (χ1) is 9.73. The molecule has 1 aliphatic rings. The molecule has 5 nitrogen and oxygen atoms in total. The minimum atomic E-state index is -3.36. The summed E-state index contributed by atoms with van der Waals surface area (Å²) in [4.78, 5) is 0.408. The lowest BCUT2D eigenvalue weighted by Gasteiger charge is -2.15. The quantitative estimate of drug-likeness (QED) is 0.840. The molecule has 1 fully saturated rings. The van der Waals surface area contributed by atoms with Crippen LogP contribution in [-0.4, -0.2) is 36.4 Å². The van der Waals surface area contributed by atoms with Crippen molar-refractivity contribution < 1.29 is 8.42 Å². The number of hydrogen-bond donors (Lipinski definition) is 1. The fraction of sp³-hybridized carbons (Fsp3) is 0.733. The minimum Gasteiger partial charge on any atom is -0.346 e. The van der Waals surface area contributed by atoms with Gasteiger partial charge in [0.05, 0.1) is 0 Å². The molecular formula is C15H27N3O2S. The first-order valence-electron chi connectivity index (χ1n) is 7.65. The molecule has 1 aromatic heterocycles. The average molecular weight is 313 g/mol. The largest absolute Gasteiger partial charge is 0.346 e. The summed E-state index contributed by atoms with van der Waals surface area (Å²) in [5.41, 5.74) is 1.02. The number of nitrogens with zero attached hydrogens (tertiary/aromatic N) is 2. The fourth-order valence-corrected chi connectivity index (χ4v) is 3.84. The molecule has 0 aliphatic heterocycles. The van der Waals surface area contributed by atoms with Crippen molar-refractivity contribution in [1.29, 1.82) is 0 Å². The number of nitrogens with one attached hydrogen (secondary N) is 1. The van der Waals surface area contributed by atoms with Gasteiger partial charge in [0.1, 0.15) is 4.90 Å². The van der Waals surface area contributed by atoms with Gasteiger partial charge in [0.25, 0.3) is 0 Å². The molecule has 0 saturated heterocycles. The van der Waals surface area contributed by atoms with Crippen molar-refractivity contribution in [3.63, 3.8) is 0 Å². The molecule has 0 spiro atoms. The number of rotatable bonds is 7. The van der Waals surface area contributed by atoms with Gasteiger partial charge in [-0.3, -0.25) is 0 Å². The van der Waals surface area contributed by atoms with E-state index in [4.69, 9.17) is 0 Å². The summed E-state index contributed by atoms with van der Waals surface area (Å²) in [6.07, 6.45) is 3.72. The van der Waals surface area contributed by atoms with Crippen LogP contribution in [0.4, 0.5) is 0 Å². The summed E-state index contributed by atoms with van der Waals surface area (Å²) in [5, 5.41) is 3.36. The predicted molar refractivity (Wildman–Crippen MR) is 84.8 cm³/mol. The fourth-order valence-electron chi connectivity index (χ4n) is 2.37. The lowest BCUT2D eigenvalue weighted by Crippen LogP contribution is -2.28. The van der Waals surface area contributed by atoms with Crippen LogP contribution < -0.4 is 5.32 Å². The summed E-state index contributed by atoms with van der Waals surface area (Å²) < 4.78 is 28.8. The summed E-state index contributed by atoms with van der Waals surface area (Å²) in [7, 11) is -1.68. The highest BCUT2D eigenvalue weighted by Crippen LogP contribution is 2.31. The molecule has 1 N–H and O–H groups in total. The molecule has 1 aliphatic carbocycles. The Hall–Kier alpha value is -0.850. The summed E-state index contributed by atoms with van der Waals surface area (Å²) in [6.45, 7) is 8.99. The molecule has 6 heteroatoms. The van der Waals surface area contributed by atoms with Crippen LogP contribution in [-0.2, 0) is 16.6 Å². The second kappa shape index (κ2) is 6.10. The second-order valence-corrected chi connectivity index (χ2v) is 8.45. The number of aromatic nitrogens is 1. The van der Waals surface area contributed by atoms with E-state index in [-0.39, 0.29) is 12.1 Å². The third-order valence-corrected chi connectivity index (χ3v) is 5.77. The monoisotopic (exact) mass is 313 g/mol. The highest BCUT2D eigenvalue weighted by atomic mass is 32.2. The zero-order valence-electron chi connectivity index (χ0n) is 13.6. The minimum absolute atomic E-state index is 0.189. The van der Waals surface area contributed by atoms with Crippen molar-refractivity contribution in [2.45, 2.75) is 70.1 Å². The highest BCUT2D eigenvalue weighted by Gasteiger charge is 2.35. The van der Waals surface area contributed by atoms with Crippen LogP contribution in [0, 0.1) is 0 Å². The van der Waals surface area contributed by atoms with Gasteiger partial charge in [-0.2, -0.15) is 4.31 Å². The molecule has 21 heavy (non-hydrogen) atoms. The predicted octanol–water partition coefficient (Wildman–Crippen LogP) is 2.35. The van der Waals surface area contributed by atoms with Crippen LogP contribution in [0.3, 0.4) is 0 Å². The maximum atomic E-state index is 12.6. The second-order valence-electron chi connectivity index (χ2n) is 6.46. The van der Waals surface area contributed by atoms with Crippen LogP contribution in [0.2, 0.25) is 0 Å². The molecule has 1 aromatic rings. The molecule has 0 atom stereocenters. The molecule has 0 aromatic carbocycles. The topological polar surface area (TPSA) is 54.3 Å². The smallest absolute Gasteiger partial charge is 0.244 e. The molecule has 120 valence electrons. The van der Waals surface area contributed by atoms with Crippen molar-refractivity contribution in [2.75, 3.05) is 7.05 Å². The third kappa shape index (κ3) is 3.67. The number of sulfonamides is 1. The Labute approximate surface area is 128 Å². The molecule has 0 unspecified atom stereocenters. The molecule has 2 rings (SSSR count). The van der Waals surface area contributed by atoms with Crippen LogP contribution in [0.15, 0.2) is 17.2 Å². The van der Waals surface area contributed by atoms with Crippen molar-refractivity contribution >= 4 is 10.0 Å². The van der Waals surface area contributed by atoms with E-state index in [1.54, 1.807) is 13.2 Å². The zero-order valence-corrected chi connectivity index (χ0v) is 14.4. The van der Waals surface area contributed by atoms with E-state index in [0.29, 0.717) is 17.5 Å². The first kappa shape index (κ1) is 16.5. The Morgan fingerprint density at radius 1 is 1.33 bits per heavy atom. The van der Waals surface area contributed by atoms with E-state index in [0.717, 1.165) is 18.5 Å². The van der Waals surface area contributed by atoms with Gasteiger partial charge in [0.2, 0.25) is 10.0 Å². The molecule has 0 radical (unpaired) electrons. The van der Waals surface area contributed by atoms with Crippen LogP contribution in [0.5, 0.6) is 0 Å². The van der Waals surface area contributed by atoms with Crippen molar-refractivity contribution in [2.24, 2.45) is 0 Å². The lowest BCUT2D eigenvalue weighted by molar-refractivity contribution is 0.464. The van der Waals surface area contributed by atoms with Gasteiger partial charge < -0.3 is 9.88 Å². The summed E-state index contributed by atoms with van der Waals surface area (Å²) >= 11 is 0. The summed E-state index contributed by atoms with van der Waals surface area (Å²) in [5.74, 6) is 0. The van der Waals surface area contributed by atoms with Gasteiger partial charge in [0, 0.05) is 43.6 Å². The number of hydrogen-bond acceptors (Lipinski definition) is 3. The Balaban J connectivity index is 2.29. The highest BCUT2D eigenvalue weighted by molar-refractivity contribution is 7.89. The van der Waals surface area contributed by atoms with Crippen LogP contribution in [0.1, 0.15) is 52.3 Å². The lowest BCUT2D eigenvalue weighted by atomic mass is 10.3. The van der Waals surface area contributed by atoms with Gasteiger partial charge in [0.15, 0.2) is 0 Å². The molecule has 0 amide bonds. The van der Waals surface area contributed by atoms with Gasteiger partial charge in [-0.1, -0.05) is 13.8 Å². The molecule has 0 bridgehead atoms. The first-order valence-corrected chi connectivity index (χ1v) is 9.09. The van der Waals surface area contributed by atoms with Gasteiger partial charge in [-0.05, 0) is 32.8 Å². The third-order valence-electron chi connectivity index (χ3n) is 3.89. The van der Waals surface area contributed by atoms with E-state index in [9.17, 15) is 8.42 Å². The van der Waals surface area contributed by atoms with E-state index in [1.807, 2.05) is 10.6 Å². The van der Waals surface area contributed by atoms with Crippen molar-refractivity contribution in [1.82, 2.24) is 14.2 Å². The van der Waals surface area contributed by atoms with E-state index >= 15 is 0 Å². The van der Waals surface area contributed by atoms with Gasteiger partial charge in [-0.25, -0.2) is 8.42 Å². The summed E-state index contributed by atoms with van der Waals surface area (Å²) in [6, 6.07) is 2.61. The molecular weight excluding hydrogens is 286 g/mol. The standard InChI is InChI=1S/C15H27N3O2S/c1-11(2)16-9-14-8-15(10-18(14)12(3)4)21(19,20)17(5)13-6-7-13/h8,10-13,16H,6-7,9H2,1-5H3.